The fraction of sp³-hybridized carbons (Fsp3) is 0.0833. The van der Waals surface area contributed by atoms with E-state index in [0.717, 1.165) is 0 Å². The molecule has 0 saturated heterocycles. The number of rotatable bonds is 4. The highest BCUT2D eigenvalue weighted by molar-refractivity contribution is 6.31. The zero-order valence-electron chi connectivity index (χ0n) is 18.0. The van der Waals surface area contributed by atoms with E-state index in [9.17, 15) is 4.79 Å². The van der Waals surface area contributed by atoms with Crippen molar-refractivity contribution in [2.75, 3.05) is 16.4 Å². The molecule has 0 aliphatic carbocycles. The number of nitrogens with two attached hydrogens (primary N) is 1. The number of nitrogens with zero attached hydrogens (tertiary/aromatic N) is 3. The molecule has 5 rings (SSSR count). The van der Waals surface area contributed by atoms with E-state index in [-0.39, 0.29) is 11.9 Å². The van der Waals surface area contributed by atoms with Crippen LogP contribution in [0.25, 0.3) is 11.1 Å². The first-order valence-corrected chi connectivity index (χ1v) is 10.8. The van der Waals surface area contributed by atoms with Gasteiger partial charge < -0.3 is 20.8 Å². The van der Waals surface area contributed by atoms with Crippen molar-refractivity contribution in [3.05, 3.63) is 88.7 Å². The average molecular weight is 474 g/mol. The van der Waals surface area contributed by atoms with Crippen LogP contribution in [0.3, 0.4) is 0 Å². The molecular weight excluding hydrogens is 454 g/mol. The Labute approximate surface area is 199 Å². The number of guanidine groups is 1. The van der Waals surface area contributed by atoms with Crippen molar-refractivity contribution >= 4 is 52.1 Å². The highest BCUT2D eigenvalue weighted by Crippen LogP contribution is 2.35. The lowest BCUT2D eigenvalue weighted by atomic mass is 9.95. The lowest BCUT2D eigenvalue weighted by molar-refractivity contribution is -0.113. The number of halogens is 1. The maximum Gasteiger partial charge on any atom is 0.302 e. The first-order chi connectivity index (χ1) is 16.5. The van der Waals surface area contributed by atoms with Crippen LogP contribution in [0.1, 0.15) is 18.5 Å². The molecule has 0 saturated carbocycles. The van der Waals surface area contributed by atoms with Gasteiger partial charge in [-0.15, -0.1) is 0 Å². The lowest BCUT2D eigenvalue weighted by Gasteiger charge is -2.26. The van der Waals surface area contributed by atoms with E-state index in [0.29, 0.717) is 50.4 Å². The molecule has 1 unspecified atom stereocenters. The summed E-state index contributed by atoms with van der Waals surface area (Å²) in [6.45, 7) is 1.79. The van der Waals surface area contributed by atoms with Crippen LogP contribution >= 0.6 is 11.6 Å². The maximum absolute atomic E-state index is 13.3. The van der Waals surface area contributed by atoms with Gasteiger partial charge >= 0.3 is 6.01 Å². The quantitative estimate of drug-likeness (QED) is 0.321. The number of carbonyl (C=O) groups is 1. The van der Waals surface area contributed by atoms with Crippen molar-refractivity contribution in [3.63, 3.8) is 0 Å². The third-order valence-electron chi connectivity index (χ3n) is 5.26. The van der Waals surface area contributed by atoms with Crippen molar-refractivity contribution in [3.8, 4) is 0 Å². The second-order valence-corrected chi connectivity index (χ2v) is 7.98. The number of hydrogen-bond donors (Lipinski definition) is 4. The predicted molar refractivity (Wildman–Crippen MR) is 132 cm³/mol. The predicted octanol–water partition coefficient (Wildman–Crippen LogP) is 4.48. The van der Waals surface area contributed by atoms with Crippen LogP contribution in [0.15, 0.2) is 87.5 Å². The third kappa shape index (κ3) is 4.16. The van der Waals surface area contributed by atoms with E-state index in [1.807, 2.05) is 18.2 Å². The van der Waals surface area contributed by atoms with Gasteiger partial charge in [-0.2, -0.15) is 4.98 Å². The van der Waals surface area contributed by atoms with Crippen molar-refractivity contribution in [2.24, 2.45) is 4.99 Å². The molecule has 2 aromatic carbocycles. The van der Waals surface area contributed by atoms with Gasteiger partial charge in [-0.3, -0.25) is 10.1 Å². The highest BCUT2D eigenvalue weighted by Gasteiger charge is 2.31. The van der Waals surface area contributed by atoms with E-state index in [4.69, 9.17) is 26.7 Å². The summed E-state index contributed by atoms with van der Waals surface area (Å²) in [4.78, 5) is 26.6. The number of fused-ring (bicyclic) bond motifs is 1. The van der Waals surface area contributed by atoms with Crippen molar-refractivity contribution < 1.29 is 9.21 Å². The fourth-order valence-electron chi connectivity index (χ4n) is 3.70. The van der Waals surface area contributed by atoms with Crippen LogP contribution < -0.4 is 21.7 Å². The van der Waals surface area contributed by atoms with Gasteiger partial charge in [-0.05, 0) is 37.3 Å². The smallest absolute Gasteiger partial charge is 0.302 e. The summed E-state index contributed by atoms with van der Waals surface area (Å²) >= 11 is 6.49. The fourth-order valence-corrected chi connectivity index (χ4v) is 3.94. The summed E-state index contributed by atoms with van der Waals surface area (Å²) in [5.41, 5.74) is 9.23. The van der Waals surface area contributed by atoms with Gasteiger partial charge in [0.05, 0.1) is 11.3 Å². The van der Waals surface area contributed by atoms with E-state index in [1.54, 1.807) is 55.6 Å². The molecule has 0 radical (unpaired) electrons. The molecule has 5 N–H and O–H groups in total. The largest absolute Gasteiger partial charge is 0.421 e. The maximum atomic E-state index is 13.3. The third-order valence-corrected chi connectivity index (χ3v) is 5.61. The molecular formula is C24H20ClN7O2. The number of nitrogen functional groups attached to an aromatic ring is 1. The number of nitrogens with one attached hydrogen (secondary N) is 3. The lowest BCUT2D eigenvalue weighted by Crippen LogP contribution is -2.37. The SMILES string of the molecule is CC1=C(C(=O)Nc2ccccn2)C(c2ccccc2Cl)N=C(Nc2nc3cccc(N)c3o2)N1. The van der Waals surface area contributed by atoms with E-state index in [2.05, 4.69) is 25.9 Å². The summed E-state index contributed by atoms with van der Waals surface area (Å²) in [5, 5.41) is 9.48. The minimum Gasteiger partial charge on any atom is -0.421 e. The van der Waals surface area contributed by atoms with E-state index in [1.165, 1.54) is 0 Å². The van der Waals surface area contributed by atoms with Gasteiger partial charge in [0.15, 0.2) is 5.58 Å². The Morgan fingerprint density at radius 1 is 1.12 bits per heavy atom. The average Bonchev–Trinajstić information content (AvgIpc) is 3.23. The molecule has 0 spiro atoms. The highest BCUT2D eigenvalue weighted by atomic mass is 35.5. The van der Waals surface area contributed by atoms with Gasteiger partial charge in [0.1, 0.15) is 17.4 Å². The normalized spacial score (nSPS) is 15.6. The Morgan fingerprint density at radius 2 is 1.94 bits per heavy atom. The molecule has 3 heterocycles. The number of benzene rings is 2. The Bertz CT molecular complexity index is 1450. The number of oxazole rings is 1. The minimum absolute atomic E-state index is 0.214. The standard InChI is InChI=1S/C24H20ClN7O2/c1-13-19(22(33)30-18-11-4-5-12-27-18)20(14-7-2-3-8-15(14)25)31-23(28-13)32-24-29-17-10-6-9-16(26)21(17)34-24/h2-12,20H,26H2,1H3,(H,27,30,33)(H2,28,29,31,32). The number of aromatic nitrogens is 2. The molecule has 170 valence electrons. The summed E-state index contributed by atoms with van der Waals surface area (Å²) in [6.07, 6.45) is 1.61. The molecule has 0 fully saturated rings. The zero-order valence-corrected chi connectivity index (χ0v) is 18.8. The minimum atomic E-state index is -0.685. The summed E-state index contributed by atoms with van der Waals surface area (Å²) in [5.74, 6) is 0.440. The number of hydrogen-bond acceptors (Lipinski definition) is 8. The van der Waals surface area contributed by atoms with Gasteiger partial charge in [-0.1, -0.05) is 41.9 Å². The molecule has 1 amide bonds. The van der Waals surface area contributed by atoms with Crippen molar-refractivity contribution in [1.82, 2.24) is 15.3 Å². The number of allylic oxidation sites excluding steroid dienone is 1. The van der Waals surface area contributed by atoms with Crippen LogP contribution in [-0.2, 0) is 4.79 Å². The number of para-hydroxylation sites is 1. The number of carbonyl (C=O) groups excluding carboxylic acids is 1. The molecule has 2 aromatic heterocycles. The molecule has 1 aliphatic heterocycles. The molecule has 0 bridgehead atoms. The van der Waals surface area contributed by atoms with E-state index < -0.39 is 6.04 Å². The van der Waals surface area contributed by atoms with Crippen LogP contribution in [0, 0.1) is 0 Å². The second kappa shape index (κ2) is 8.87. The molecule has 4 aromatic rings. The van der Waals surface area contributed by atoms with Gasteiger partial charge in [0.2, 0.25) is 5.96 Å². The molecule has 1 atom stereocenters. The molecule has 10 heteroatoms. The van der Waals surface area contributed by atoms with Crippen LogP contribution in [-0.4, -0.2) is 21.8 Å². The number of amides is 1. The Morgan fingerprint density at radius 3 is 2.71 bits per heavy atom. The monoisotopic (exact) mass is 473 g/mol. The Balaban J connectivity index is 1.50. The molecule has 1 aliphatic rings. The van der Waals surface area contributed by atoms with Crippen LogP contribution in [0.5, 0.6) is 0 Å². The number of anilines is 3. The first-order valence-electron chi connectivity index (χ1n) is 10.4. The topological polar surface area (TPSA) is 130 Å². The summed E-state index contributed by atoms with van der Waals surface area (Å²) < 4.78 is 5.76. The first kappa shape index (κ1) is 21.5. The second-order valence-electron chi connectivity index (χ2n) is 7.57. The van der Waals surface area contributed by atoms with Crippen molar-refractivity contribution in [2.45, 2.75) is 13.0 Å². The number of aliphatic imine (C=N–C) groups is 1. The van der Waals surface area contributed by atoms with Crippen LogP contribution in [0.2, 0.25) is 5.02 Å². The summed E-state index contributed by atoms with van der Waals surface area (Å²) in [6, 6.07) is 17.4. The van der Waals surface area contributed by atoms with Gasteiger partial charge in [-0.25, -0.2) is 9.98 Å². The van der Waals surface area contributed by atoms with E-state index >= 15 is 0 Å². The summed E-state index contributed by atoms with van der Waals surface area (Å²) in [7, 11) is 0. The van der Waals surface area contributed by atoms with Crippen molar-refractivity contribution in [1.29, 1.82) is 0 Å². The molecule has 9 nitrogen and oxygen atoms in total. The zero-order chi connectivity index (χ0) is 23.7. The van der Waals surface area contributed by atoms with Crippen LogP contribution in [0.4, 0.5) is 17.5 Å². The van der Waals surface area contributed by atoms with Gasteiger partial charge in [0, 0.05) is 22.5 Å². The Hall–Kier alpha value is -4.37. The Kier molecular flexibility index (Phi) is 5.60. The van der Waals surface area contributed by atoms with Gasteiger partial charge in [0.25, 0.3) is 5.91 Å². The number of pyridine rings is 1. The molecule has 34 heavy (non-hydrogen) atoms.